The maximum atomic E-state index is 2.33. The first-order valence-corrected chi connectivity index (χ1v) is 9.07. The number of rotatable bonds is 6. The minimum absolute atomic E-state index is 0.943. The predicted molar refractivity (Wildman–Crippen MR) is 113 cm³/mol. The fourth-order valence-electron chi connectivity index (χ4n) is 3.27. The molecule has 0 aliphatic carbocycles. The highest BCUT2D eigenvalue weighted by atomic mass is 15.1. The van der Waals surface area contributed by atoms with Crippen LogP contribution in [-0.4, -0.2) is 18.7 Å². The lowest BCUT2D eigenvalue weighted by Crippen LogP contribution is -2.07. The number of para-hydroxylation sites is 1. The maximum absolute atomic E-state index is 2.33. The molecule has 0 bridgehead atoms. The third kappa shape index (κ3) is 4.08. The molecule has 1 radical (unpaired) electrons. The van der Waals surface area contributed by atoms with Crippen LogP contribution in [0.3, 0.4) is 0 Å². The van der Waals surface area contributed by atoms with Crippen LogP contribution in [-0.2, 0) is 6.42 Å². The van der Waals surface area contributed by atoms with E-state index in [9.17, 15) is 0 Å². The minimum atomic E-state index is 0.943. The molecule has 26 heavy (non-hydrogen) atoms. The first kappa shape index (κ1) is 18.1. The predicted octanol–water partition coefficient (Wildman–Crippen LogP) is 5.62. The maximum Gasteiger partial charge on any atom is 0.0455 e. The molecule has 0 saturated carbocycles. The first-order chi connectivity index (χ1) is 12.6. The lowest BCUT2D eigenvalue weighted by molar-refractivity contribution is 0.953. The Morgan fingerprint density at radius 1 is 0.923 bits per heavy atom. The molecule has 0 saturated heterocycles. The Kier molecular flexibility index (Phi) is 5.62. The topological polar surface area (TPSA) is 8.17 Å². The van der Waals surface area contributed by atoms with Crippen LogP contribution >= 0.6 is 0 Å². The van der Waals surface area contributed by atoms with Crippen molar-refractivity contribution in [3.63, 3.8) is 0 Å². The molecule has 0 fully saturated rings. The second-order valence-electron chi connectivity index (χ2n) is 6.85. The van der Waals surface area contributed by atoms with E-state index in [2.05, 4.69) is 117 Å². The molecule has 133 valence electrons. The van der Waals surface area contributed by atoms with Crippen LogP contribution in [0.1, 0.15) is 22.5 Å². The van der Waals surface area contributed by atoms with Gasteiger partial charge in [-0.2, -0.15) is 0 Å². The number of aromatic nitrogens is 1. The zero-order chi connectivity index (χ0) is 18.5. The Labute approximate surface area is 157 Å². The minimum Gasteiger partial charge on any atom is -0.378 e. The van der Waals surface area contributed by atoms with Crippen LogP contribution in [0.4, 0.5) is 5.69 Å². The molecule has 0 aliphatic heterocycles. The van der Waals surface area contributed by atoms with Crippen molar-refractivity contribution in [2.45, 2.75) is 20.3 Å². The Morgan fingerprint density at radius 3 is 2.27 bits per heavy atom. The van der Waals surface area contributed by atoms with Gasteiger partial charge in [0, 0.05) is 36.9 Å². The summed E-state index contributed by atoms with van der Waals surface area (Å²) in [6, 6.07) is 21.4. The van der Waals surface area contributed by atoms with Crippen molar-refractivity contribution in [2.75, 3.05) is 19.0 Å². The highest BCUT2D eigenvalue weighted by Gasteiger charge is 2.09. The molecule has 1 aromatic heterocycles. The fourth-order valence-corrected chi connectivity index (χ4v) is 3.27. The third-order valence-electron chi connectivity index (χ3n) is 4.72. The van der Waals surface area contributed by atoms with E-state index in [1.54, 1.807) is 0 Å². The third-order valence-corrected chi connectivity index (χ3v) is 4.72. The average Bonchev–Trinajstić information content (AvgIpc) is 2.93. The van der Waals surface area contributed by atoms with Gasteiger partial charge in [-0.3, -0.25) is 0 Å². The highest BCUT2D eigenvalue weighted by molar-refractivity contribution is 5.56. The van der Waals surface area contributed by atoms with Crippen molar-refractivity contribution in [1.82, 2.24) is 4.57 Å². The summed E-state index contributed by atoms with van der Waals surface area (Å²) in [5.41, 5.74) is 7.64. The van der Waals surface area contributed by atoms with Gasteiger partial charge >= 0.3 is 0 Å². The molecular formula is C24H27N2. The van der Waals surface area contributed by atoms with Crippen LogP contribution in [0.15, 0.2) is 66.7 Å². The SMILES string of the molecule is Cc1cc(C[CH]C=Cc2ccc(N(C)C)cc2)c(C)n1-c1ccccc1. The van der Waals surface area contributed by atoms with E-state index in [0.717, 1.165) is 6.42 Å². The average molecular weight is 343 g/mol. The second-order valence-corrected chi connectivity index (χ2v) is 6.85. The van der Waals surface area contributed by atoms with Gasteiger partial charge in [-0.05, 0) is 68.1 Å². The van der Waals surface area contributed by atoms with Crippen molar-refractivity contribution >= 4 is 11.8 Å². The van der Waals surface area contributed by atoms with E-state index in [-0.39, 0.29) is 0 Å². The van der Waals surface area contributed by atoms with Crippen molar-refractivity contribution in [2.24, 2.45) is 0 Å². The summed E-state index contributed by atoms with van der Waals surface area (Å²) in [5, 5.41) is 0. The van der Waals surface area contributed by atoms with Gasteiger partial charge in [0.2, 0.25) is 0 Å². The molecule has 2 nitrogen and oxygen atoms in total. The molecule has 3 rings (SSSR count). The standard InChI is InChI=1S/C24H27N2/c1-19-18-22(20(2)26(19)24-12-6-5-7-13-24)11-9-8-10-21-14-16-23(17-15-21)25(3)4/h5-10,12-18H,11H2,1-4H3. The number of hydrogen-bond donors (Lipinski definition) is 0. The lowest BCUT2D eigenvalue weighted by atomic mass is 10.1. The van der Waals surface area contributed by atoms with Crippen molar-refractivity contribution in [1.29, 1.82) is 0 Å². The molecule has 0 atom stereocenters. The summed E-state index contributed by atoms with van der Waals surface area (Å²) in [6.45, 7) is 4.37. The summed E-state index contributed by atoms with van der Waals surface area (Å²) < 4.78 is 2.33. The summed E-state index contributed by atoms with van der Waals surface area (Å²) in [4.78, 5) is 2.11. The number of allylic oxidation sites excluding steroid dienone is 1. The van der Waals surface area contributed by atoms with E-state index in [1.165, 1.54) is 33.9 Å². The van der Waals surface area contributed by atoms with Gasteiger partial charge in [0.1, 0.15) is 0 Å². The van der Waals surface area contributed by atoms with Crippen LogP contribution in [0.25, 0.3) is 11.8 Å². The molecule has 0 N–H and O–H groups in total. The normalized spacial score (nSPS) is 11.2. The van der Waals surface area contributed by atoms with Crippen molar-refractivity contribution < 1.29 is 0 Å². The zero-order valence-corrected chi connectivity index (χ0v) is 16.1. The van der Waals surface area contributed by atoms with E-state index in [0.29, 0.717) is 0 Å². The highest BCUT2D eigenvalue weighted by Crippen LogP contribution is 2.22. The van der Waals surface area contributed by atoms with Gasteiger partial charge < -0.3 is 9.47 Å². The van der Waals surface area contributed by atoms with E-state index in [4.69, 9.17) is 0 Å². The van der Waals surface area contributed by atoms with Crippen LogP contribution in [0.5, 0.6) is 0 Å². The van der Waals surface area contributed by atoms with Crippen LogP contribution in [0.2, 0.25) is 0 Å². The molecule has 2 aromatic carbocycles. The first-order valence-electron chi connectivity index (χ1n) is 9.07. The number of nitrogens with zero attached hydrogens (tertiary/aromatic N) is 2. The molecule has 0 spiro atoms. The van der Waals surface area contributed by atoms with Gasteiger partial charge in [0.05, 0.1) is 0 Å². The zero-order valence-electron chi connectivity index (χ0n) is 16.1. The largest absolute Gasteiger partial charge is 0.378 e. The molecule has 3 aromatic rings. The van der Waals surface area contributed by atoms with Gasteiger partial charge in [0.15, 0.2) is 0 Å². The summed E-state index contributed by atoms with van der Waals surface area (Å²) in [7, 11) is 4.12. The summed E-state index contributed by atoms with van der Waals surface area (Å²) in [5.74, 6) is 0. The number of aryl methyl sites for hydroxylation is 1. The van der Waals surface area contributed by atoms with Gasteiger partial charge in [-0.15, -0.1) is 0 Å². The lowest BCUT2D eigenvalue weighted by Gasteiger charge is -2.11. The van der Waals surface area contributed by atoms with Crippen LogP contribution < -0.4 is 4.90 Å². The van der Waals surface area contributed by atoms with Gasteiger partial charge in [-0.1, -0.05) is 42.5 Å². The Balaban J connectivity index is 1.65. The Morgan fingerprint density at radius 2 is 1.62 bits per heavy atom. The second kappa shape index (κ2) is 8.09. The van der Waals surface area contributed by atoms with Gasteiger partial charge in [-0.25, -0.2) is 0 Å². The quantitative estimate of drug-likeness (QED) is 0.564. The number of benzene rings is 2. The van der Waals surface area contributed by atoms with Gasteiger partial charge in [0.25, 0.3) is 0 Å². The summed E-state index contributed by atoms with van der Waals surface area (Å²) in [6.07, 6.45) is 7.49. The molecule has 0 unspecified atom stereocenters. The monoisotopic (exact) mass is 343 g/mol. The summed E-state index contributed by atoms with van der Waals surface area (Å²) >= 11 is 0. The molecule has 1 heterocycles. The molecular weight excluding hydrogens is 316 g/mol. The number of hydrogen-bond acceptors (Lipinski definition) is 1. The Hall–Kier alpha value is -2.74. The van der Waals surface area contributed by atoms with Crippen molar-refractivity contribution in [3.05, 3.63) is 95.7 Å². The molecule has 0 amide bonds. The molecule has 0 aliphatic rings. The van der Waals surface area contributed by atoms with Crippen molar-refractivity contribution in [3.8, 4) is 5.69 Å². The Bertz CT molecular complexity index is 869. The fraction of sp³-hybridized carbons (Fsp3) is 0.208. The smallest absolute Gasteiger partial charge is 0.0455 e. The molecule has 2 heteroatoms. The van der Waals surface area contributed by atoms with E-state index < -0.39 is 0 Å². The van der Waals surface area contributed by atoms with Crippen LogP contribution in [0, 0.1) is 20.3 Å². The van der Waals surface area contributed by atoms with E-state index in [1.807, 2.05) is 0 Å². The van der Waals surface area contributed by atoms with E-state index >= 15 is 0 Å². The number of anilines is 1.